The maximum atomic E-state index is 12.4. The molecular weight excluding hydrogens is 423 g/mol. The van der Waals surface area contributed by atoms with Gasteiger partial charge in [0.05, 0.1) is 10.7 Å². The topological polar surface area (TPSA) is 58.6 Å². The van der Waals surface area contributed by atoms with Crippen LogP contribution in [0.2, 0.25) is 10.0 Å². The molecule has 1 aromatic heterocycles. The number of benzene rings is 2. The third kappa shape index (κ3) is 4.83. The zero-order valence-electron chi connectivity index (χ0n) is 16.2. The highest BCUT2D eigenvalue weighted by Gasteiger charge is 2.22. The van der Waals surface area contributed by atoms with Crippen LogP contribution in [0.5, 0.6) is 5.75 Å². The van der Waals surface area contributed by atoms with E-state index in [1.807, 2.05) is 36.4 Å². The van der Waals surface area contributed by atoms with Gasteiger partial charge in [-0.25, -0.2) is 0 Å². The van der Waals surface area contributed by atoms with Gasteiger partial charge in [0, 0.05) is 36.8 Å². The maximum absolute atomic E-state index is 12.4. The third-order valence-electron chi connectivity index (χ3n) is 4.92. The van der Waals surface area contributed by atoms with Crippen LogP contribution in [0, 0.1) is 0 Å². The van der Waals surface area contributed by atoms with Crippen molar-refractivity contribution in [2.24, 2.45) is 0 Å². The molecule has 4 rings (SSSR count). The van der Waals surface area contributed by atoms with E-state index in [0.29, 0.717) is 42.0 Å². The first-order chi connectivity index (χ1) is 14.6. The Balaban J connectivity index is 1.31. The molecule has 0 aliphatic carbocycles. The lowest BCUT2D eigenvalue weighted by molar-refractivity contribution is -0.133. The molecule has 1 aliphatic rings. The van der Waals surface area contributed by atoms with Gasteiger partial charge in [0.15, 0.2) is 12.4 Å². The van der Waals surface area contributed by atoms with Crippen LogP contribution in [0.1, 0.15) is 0 Å². The molecule has 0 N–H and O–H groups in total. The number of ether oxygens (including phenoxy) is 1. The monoisotopic (exact) mass is 442 g/mol. The van der Waals surface area contributed by atoms with Crippen LogP contribution < -0.4 is 9.64 Å². The van der Waals surface area contributed by atoms with Crippen molar-refractivity contribution >= 4 is 34.9 Å². The van der Waals surface area contributed by atoms with Crippen molar-refractivity contribution in [1.82, 2.24) is 15.1 Å². The second-order valence-electron chi connectivity index (χ2n) is 6.87. The van der Waals surface area contributed by atoms with Crippen LogP contribution in [0.3, 0.4) is 0 Å². The number of anilines is 1. The Morgan fingerprint density at radius 3 is 2.43 bits per heavy atom. The third-order valence-corrected chi connectivity index (χ3v) is 5.48. The van der Waals surface area contributed by atoms with E-state index in [4.69, 9.17) is 27.9 Å². The Labute approximate surface area is 185 Å². The molecule has 8 heteroatoms. The standard InChI is InChI=1S/C22H20Cl2N4O2/c23-16-4-3-5-17(14-16)30-15-22(29)28-12-10-27(11-13-28)21-9-8-20(25-26-21)18-6-1-2-7-19(18)24/h1-9,14H,10-13,15H2. The normalized spacial score (nSPS) is 13.9. The van der Waals surface area contributed by atoms with Crippen molar-refractivity contribution in [3.05, 3.63) is 70.7 Å². The summed E-state index contributed by atoms with van der Waals surface area (Å²) in [7, 11) is 0. The van der Waals surface area contributed by atoms with Crippen LogP contribution in [-0.4, -0.2) is 53.8 Å². The zero-order chi connectivity index (χ0) is 20.9. The van der Waals surface area contributed by atoms with E-state index in [9.17, 15) is 4.79 Å². The van der Waals surface area contributed by atoms with E-state index in [0.717, 1.165) is 17.1 Å². The van der Waals surface area contributed by atoms with E-state index in [2.05, 4.69) is 15.1 Å². The number of carbonyl (C=O) groups is 1. The van der Waals surface area contributed by atoms with Gasteiger partial charge < -0.3 is 14.5 Å². The Morgan fingerprint density at radius 1 is 0.933 bits per heavy atom. The van der Waals surface area contributed by atoms with Gasteiger partial charge in [-0.05, 0) is 36.4 Å². The molecule has 154 valence electrons. The number of halogens is 2. The SMILES string of the molecule is O=C(COc1cccc(Cl)c1)N1CCN(c2ccc(-c3ccccc3Cl)nn2)CC1. The van der Waals surface area contributed by atoms with Crippen molar-refractivity contribution < 1.29 is 9.53 Å². The van der Waals surface area contributed by atoms with E-state index in [1.54, 1.807) is 29.2 Å². The number of nitrogens with zero attached hydrogens (tertiary/aromatic N) is 4. The fraction of sp³-hybridized carbons (Fsp3) is 0.227. The lowest BCUT2D eigenvalue weighted by Gasteiger charge is -2.35. The van der Waals surface area contributed by atoms with Gasteiger partial charge in [0.1, 0.15) is 5.75 Å². The predicted octanol–water partition coefficient (Wildman–Crippen LogP) is 4.18. The highest BCUT2D eigenvalue weighted by molar-refractivity contribution is 6.33. The number of hydrogen-bond acceptors (Lipinski definition) is 5. The van der Waals surface area contributed by atoms with E-state index in [-0.39, 0.29) is 12.5 Å². The maximum Gasteiger partial charge on any atom is 0.260 e. The highest BCUT2D eigenvalue weighted by atomic mass is 35.5. The minimum atomic E-state index is -0.0465. The Bertz CT molecular complexity index is 1020. The molecule has 1 aliphatic heterocycles. The van der Waals surface area contributed by atoms with Gasteiger partial charge >= 0.3 is 0 Å². The van der Waals surface area contributed by atoms with Gasteiger partial charge in [-0.2, -0.15) is 0 Å². The summed E-state index contributed by atoms with van der Waals surface area (Å²) < 4.78 is 5.56. The number of aromatic nitrogens is 2. The first-order valence-corrected chi connectivity index (χ1v) is 10.4. The highest BCUT2D eigenvalue weighted by Crippen LogP contribution is 2.26. The number of carbonyl (C=O) groups excluding carboxylic acids is 1. The Hall–Kier alpha value is -2.83. The zero-order valence-corrected chi connectivity index (χ0v) is 17.7. The van der Waals surface area contributed by atoms with Gasteiger partial charge in [-0.15, -0.1) is 10.2 Å². The molecule has 0 saturated carbocycles. The van der Waals surface area contributed by atoms with Crippen molar-refractivity contribution in [2.45, 2.75) is 0 Å². The molecule has 1 amide bonds. The summed E-state index contributed by atoms with van der Waals surface area (Å²) >= 11 is 12.2. The quantitative estimate of drug-likeness (QED) is 0.592. The van der Waals surface area contributed by atoms with Gasteiger partial charge in [0.25, 0.3) is 5.91 Å². The van der Waals surface area contributed by atoms with Crippen molar-refractivity contribution in [1.29, 1.82) is 0 Å². The molecule has 0 bridgehead atoms. The summed E-state index contributed by atoms with van der Waals surface area (Å²) in [5.74, 6) is 1.33. The van der Waals surface area contributed by atoms with Crippen LogP contribution in [-0.2, 0) is 4.79 Å². The first-order valence-electron chi connectivity index (χ1n) is 9.60. The minimum absolute atomic E-state index is 0.00726. The van der Waals surface area contributed by atoms with Gasteiger partial charge in [-0.1, -0.05) is 47.5 Å². The van der Waals surface area contributed by atoms with Crippen LogP contribution in [0.4, 0.5) is 5.82 Å². The van der Waals surface area contributed by atoms with E-state index in [1.165, 1.54) is 0 Å². The summed E-state index contributed by atoms with van der Waals surface area (Å²) in [5, 5.41) is 9.90. The van der Waals surface area contributed by atoms with Crippen LogP contribution >= 0.6 is 23.2 Å². The Morgan fingerprint density at radius 2 is 1.73 bits per heavy atom. The number of rotatable bonds is 5. The molecule has 1 saturated heterocycles. The number of amides is 1. The number of piperazine rings is 1. The molecule has 0 radical (unpaired) electrons. The van der Waals surface area contributed by atoms with Crippen molar-refractivity contribution in [2.75, 3.05) is 37.7 Å². The lowest BCUT2D eigenvalue weighted by Crippen LogP contribution is -2.50. The number of hydrogen-bond donors (Lipinski definition) is 0. The Kier molecular flexibility index (Phi) is 6.35. The van der Waals surface area contributed by atoms with Crippen molar-refractivity contribution in [3.63, 3.8) is 0 Å². The molecule has 2 aromatic carbocycles. The fourth-order valence-electron chi connectivity index (χ4n) is 3.28. The second-order valence-corrected chi connectivity index (χ2v) is 7.71. The molecule has 3 aromatic rings. The molecule has 6 nitrogen and oxygen atoms in total. The molecule has 1 fully saturated rings. The summed E-state index contributed by atoms with van der Waals surface area (Å²) in [4.78, 5) is 16.4. The second kappa shape index (κ2) is 9.32. The largest absolute Gasteiger partial charge is 0.484 e. The molecular formula is C22H20Cl2N4O2. The van der Waals surface area contributed by atoms with Crippen LogP contribution in [0.25, 0.3) is 11.3 Å². The molecule has 30 heavy (non-hydrogen) atoms. The smallest absolute Gasteiger partial charge is 0.260 e. The van der Waals surface area contributed by atoms with Crippen LogP contribution in [0.15, 0.2) is 60.7 Å². The van der Waals surface area contributed by atoms with Gasteiger partial charge in [-0.3, -0.25) is 4.79 Å². The summed E-state index contributed by atoms with van der Waals surface area (Å²) in [5.41, 5.74) is 1.59. The fourth-order valence-corrected chi connectivity index (χ4v) is 3.70. The molecule has 0 unspecified atom stereocenters. The lowest BCUT2D eigenvalue weighted by atomic mass is 10.1. The summed E-state index contributed by atoms with van der Waals surface area (Å²) in [6, 6.07) is 18.4. The molecule has 2 heterocycles. The minimum Gasteiger partial charge on any atom is -0.484 e. The van der Waals surface area contributed by atoms with E-state index < -0.39 is 0 Å². The van der Waals surface area contributed by atoms with Crippen molar-refractivity contribution in [3.8, 4) is 17.0 Å². The molecule has 0 spiro atoms. The predicted molar refractivity (Wildman–Crippen MR) is 118 cm³/mol. The van der Waals surface area contributed by atoms with E-state index >= 15 is 0 Å². The summed E-state index contributed by atoms with van der Waals surface area (Å²) in [6.45, 7) is 2.57. The molecule has 0 atom stereocenters. The average molecular weight is 443 g/mol. The van der Waals surface area contributed by atoms with Gasteiger partial charge in [0.2, 0.25) is 0 Å². The average Bonchev–Trinajstić information content (AvgIpc) is 2.78. The summed E-state index contributed by atoms with van der Waals surface area (Å²) in [6.07, 6.45) is 0. The first kappa shape index (κ1) is 20.4.